The monoisotopic (exact) mass is 279 g/mol. The summed E-state index contributed by atoms with van der Waals surface area (Å²) in [5, 5.41) is 3.78. The van der Waals surface area contributed by atoms with Gasteiger partial charge in [0, 0.05) is 22.8 Å². The third kappa shape index (κ3) is 3.38. The third-order valence-electron chi connectivity index (χ3n) is 2.81. The second-order valence-electron chi connectivity index (χ2n) is 4.29. The Morgan fingerprint density at radius 1 is 1.26 bits per heavy atom. The van der Waals surface area contributed by atoms with Crippen LogP contribution in [0.2, 0.25) is 5.02 Å². The number of hydrogen-bond acceptors (Lipinski definition) is 2. The van der Waals surface area contributed by atoms with E-state index in [4.69, 9.17) is 16.3 Å². The van der Waals surface area contributed by atoms with E-state index in [1.54, 1.807) is 13.2 Å². The Morgan fingerprint density at radius 3 is 2.74 bits per heavy atom. The summed E-state index contributed by atoms with van der Waals surface area (Å²) >= 11 is 6.14. The highest BCUT2D eigenvalue weighted by molar-refractivity contribution is 6.31. The first-order valence-corrected chi connectivity index (χ1v) is 6.30. The lowest BCUT2D eigenvalue weighted by Crippen LogP contribution is -2.03. The van der Waals surface area contributed by atoms with Crippen LogP contribution in [0.25, 0.3) is 0 Å². The molecular formula is C15H15ClFNO. The highest BCUT2D eigenvalue weighted by Gasteiger charge is 2.07. The van der Waals surface area contributed by atoms with E-state index in [1.807, 2.05) is 25.1 Å². The molecular weight excluding hydrogens is 265 g/mol. The smallest absolute Gasteiger partial charge is 0.125 e. The number of rotatable bonds is 4. The van der Waals surface area contributed by atoms with Crippen molar-refractivity contribution in [1.29, 1.82) is 0 Å². The molecule has 2 nitrogen and oxygen atoms in total. The minimum atomic E-state index is -0.256. The number of nitrogens with one attached hydrogen (secondary N) is 1. The van der Waals surface area contributed by atoms with E-state index in [0.717, 1.165) is 16.8 Å². The van der Waals surface area contributed by atoms with Gasteiger partial charge in [-0.05, 0) is 42.8 Å². The zero-order valence-electron chi connectivity index (χ0n) is 10.8. The van der Waals surface area contributed by atoms with Crippen LogP contribution >= 0.6 is 11.6 Å². The number of ether oxygens (including phenoxy) is 1. The van der Waals surface area contributed by atoms with Crippen molar-refractivity contribution in [2.24, 2.45) is 0 Å². The number of hydrogen-bond donors (Lipinski definition) is 1. The summed E-state index contributed by atoms with van der Waals surface area (Å²) in [6.45, 7) is 2.33. The van der Waals surface area contributed by atoms with Crippen molar-refractivity contribution in [3.63, 3.8) is 0 Å². The maximum absolute atomic E-state index is 13.3. The lowest BCUT2D eigenvalue weighted by Gasteiger charge is -2.12. The van der Waals surface area contributed by atoms with E-state index in [1.165, 1.54) is 12.1 Å². The van der Waals surface area contributed by atoms with E-state index in [-0.39, 0.29) is 5.82 Å². The Bertz CT molecular complexity index is 566. The molecule has 0 radical (unpaired) electrons. The molecule has 0 amide bonds. The first kappa shape index (κ1) is 13.7. The van der Waals surface area contributed by atoms with Crippen LogP contribution in [-0.2, 0) is 6.54 Å². The largest absolute Gasteiger partial charge is 0.496 e. The van der Waals surface area contributed by atoms with Gasteiger partial charge in [0.2, 0.25) is 0 Å². The SMILES string of the molecule is COc1cccc(Cl)c1CNc1cc(C)cc(F)c1. The fraction of sp³-hybridized carbons (Fsp3) is 0.200. The first-order chi connectivity index (χ1) is 9.10. The first-order valence-electron chi connectivity index (χ1n) is 5.92. The van der Waals surface area contributed by atoms with Crippen LogP contribution < -0.4 is 10.1 Å². The molecule has 0 bridgehead atoms. The summed E-state index contributed by atoms with van der Waals surface area (Å²) in [4.78, 5) is 0. The molecule has 0 saturated carbocycles. The molecule has 4 heteroatoms. The van der Waals surface area contributed by atoms with E-state index in [9.17, 15) is 4.39 Å². The van der Waals surface area contributed by atoms with E-state index < -0.39 is 0 Å². The van der Waals surface area contributed by atoms with Gasteiger partial charge in [-0.1, -0.05) is 17.7 Å². The average Bonchev–Trinajstić information content (AvgIpc) is 2.36. The van der Waals surface area contributed by atoms with Gasteiger partial charge in [0.25, 0.3) is 0 Å². The van der Waals surface area contributed by atoms with Crippen LogP contribution in [0.15, 0.2) is 36.4 Å². The van der Waals surface area contributed by atoms with Gasteiger partial charge in [0.1, 0.15) is 11.6 Å². The summed E-state index contributed by atoms with van der Waals surface area (Å²) in [6.07, 6.45) is 0. The van der Waals surface area contributed by atoms with Crippen molar-refractivity contribution in [1.82, 2.24) is 0 Å². The van der Waals surface area contributed by atoms with Crippen molar-refractivity contribution < 1.29 is 9.13 Å². The van der Waals surface area contributed by atoms with Crippen LogP contribution in [0, 0.1) is 12.7 Å². The Balaban J connectivity index is 2.18. The zero-order chi connectivity index (χ0) is 13.8. The molecule has 0 heterocycles. The number of halogens is 2. The molecule has 0 aliphatic rings. The summed E-state index contributed by atoms with van der Waals surface area (Å²) in [6, 6.07) is 10.3. The lowest BCUT2D eigenvalue weighted by atomic mass is 10.1. The molecule has 0 unspecified atom stereocenters. The van der Waals surface area contributed by atoms with Gasteiger partial charge in [-0.15, -0.1) is 0 Å². The van der Waals surface area contributed by atoms with Gasteiger partial charge in [-0.25, -0.2) is 4.39 Å². The van der Waals surface area contributed by atoms with Crippen LogP contribution in [0.4, 0.5) is 10.1 Å². The molecule has 2 aromatic carbocycles. The van der Waals surface area contributed by atoms with Gasteiger partial charge in [0.15, 0.2) is 0 Å². The quantitative estimate of drug-likeness (QED) is 0.895. The third-order valence-corrected chi connectivity index (χ3v) is 3.16. The van der Waals surface area contributed by atoms with Crippen molar-refractivity contribution in [3.8, 4) is 5.75 Å². The Morgan fingerprint density at radius 2 is 2.05 bits per heavy atom. The maximum atomic E-state index is 13.3. The summed E-state index contributed by atoms with van der Waals surface area (Å²) in [5.74, 6) is 0.460. The summed E-state index contributed by atoms with van der Waals surface area (Å²) in [7, 11) is 1.60. The minimum Gasteiger partial charge on any atom is -0.496 e. The average molecular weight is 280 g/mol. The van der Waals surface area contributed by atoms with Gasteiger partial charge in [-0.2, -0.15) is 0 Å². The molecule has 2 rings (SSSR count). The predicted molar refractivity (Wildman–Crippen MR) is 76.5 cm³/mol. The van der Waals surface area contributed by atoms with E-state index in [0.29, 0.717) is 17.3 Å². The lowest BCUT2D eigenvalue weighted by molar-refractivity contribution is 0.410. The Labute approximate surface area is 117 Å². The molecule has 2 aromatic rings. The second-order valence-corrected chi connectivity index (χ2v) is 4.70. The number of benzene rings is 2. The molecule has 0 spiro atoms. The van der Waals surface area contributed by atoms with E-state index in [2.05, 4.69) is 5.32 Å². The predicted octanol–water partition coefficient (Wildman–Crippen LogP) is 4.41. The van der Waals surface area contributed by atoms with Crippen LogP contribution in [0.3, 0.4) is 0 Å². The fourth-order valence-electron chi connectivity index (χ4n) is 1.93. The molecule has 0 atom stereocenters. The van der Waals surface area contributed by atoms with Crippen molar-refractivity contribution in [3.05, 3.63) is 58.4 Å². The van der Waals surface area contributed by atoms with Crippen molar-refractivity contribution >= 4 is 17.3 Å². The maximum Gasteiger partial charge on any atom is 0.125 e. The molecule has 0 aliphatic heterocycles. The van der Waals surface area contributed by atoms with Crippen LogP contribution in [0.1, 0.15) is 11.1 Å². The molecule has 0 fully saturated rings. The molecule has 1 N–H and O–H groups in total. The Hall–Kier alpha value is -1.74. The minimum absolute atomic E-state index is 0.256. The number of aryl methyl sites for hydroxylation is 1. The molecule has 0 aliphatic carbocycles. The summed E-state index contributed by atoms with van der Waals surface area (Å²) in [5.41, 5.74) is 2.45. The van der Waals surface area contributed by atoms with Gasteiger partial charge >= 0.3 is 0 Å². The normalized spacial score (nSPS) is 10.3. The fourth-order valence-corrected chi connectivity index (χ4v) is 2.16. The van der Waals surface area contributed by atoms with Gasteiger partial charge in [-0.3, -0.25) is 0 Å². The number of methoxy groups -OCH3 is 1. The highest BCUT2D eigenvalue weighted by Crippen LogP contribution is 2.27. The number of anilines is 1. The van der Waals surface area contributed by atoms with Crippen molar-refractivity contribution in [2.75, 3.05) is 12.4 Å². The van der Waals surface area contributed by atoms with Crippen molar-refractivity contribution in [2.45, 2.75) is 13.5 Å². The van der Waals surface area contributed by atoms with E-state index >= 15 is 0 Å². The van der Waals surface area contributed by atoms with Crippen LogP contribution in [0.5, 0.6) is 5.75 Å². The topological polar surface area (TPSA) is 21.3 Å². The summed E-state index contributed by atoms with van der Waals surface area (Å²) < 4.78 is 18.6. The molecule has 0 aromatic heterocycles. The Kier molecular flexibility index (Phi) is 4.27. The van der Waals surface area contributed by atoms with Crippen LogP contribution in [-0.4, -0.2) is 7.11 Å². The molecule has 19 heavy (non-hydrogen) atoms. The van der Waals surface area contributed by atoms with Gasteiger partial charge < -0.3 is 10.1 Å². The molecule has 0 saturated heterocycles. The standard InChI is InChI=1S/C15H15ClFNO/c1-10-6-11(17)8-12(7-10)18-9-13-14(16)4-3-5-15(13)19-2/h3-8,18H,9H2,1-2H3. The second kappa shape index (κ2) is 5.93. The zero-order valence-corrected chi connectivity index (χ0v) is 11.6. The van der Waals surface area contributed by atoms with Gasteiger partial charge in [0.05, 0.1) is 7.11 Å². The highest BCUT2D eigenvalue weighted by atomic mass is 35.5. The molecule has 100 valence electrons.